The van der Waals surface area contributed by atoms with E-state index in [-0.39, 0.29) is 6.42 Å². The molecule has 16 heavy (non-hydrogen) atoms. The molecule has 0 aliphatic carbocycles. The van der Waals surface area contributed by atoms with Gasteiger partial charge in [-0.3, -0.25) is 9.59 Å². The van der Waals surface area contributed by atoms with Crippen LogP contribution in [-0.2, 0) is 14.3 Å². The van der Waals surface area contributed by atoms with Gasteiger partial charge in [0.2, 0.25) is 0 Å². The molecule has 0 bridgehead atoms. The number of hydrogen-bond acceptors (Lipinski definition) is 3. The summed E-state index contributed by atoms with van der Waals surface area (Å²) in [5.74, 6) is -1.40. The fraction of sp³-hybridized carbons (Fsp3) is 0.833. The van der Waals surface area contributed by atoms with Crippen LogP contribution in [0.3, 0.4) is 0 Å². The van der Waals surface area contributed by atoms with E-state index >= 15 is 0 Å². The molecule has 4 heteroatoms. The lowest BCUT2D eigenvalue weighted by Crippen LogP contribution is -2.33. The first-order chi connectivity index (χ1) is 7.10. The average Bonchev–Trinajstić information content (AvgIpc) is 1.99. The normalized spacial score (nSPS) is 15.3. The molecule has 1 N–H and O–H groups in total. The van der Waals surface area contributed by atoms with Crippen LogP contribution < -0.4 is 0 Å². The van der Waals surface area contributed by atoms with E-state index in [2.05, 4.69) is 0 Å². The van der Waals surface area contributed by atoms with Crippen molar-refractivity contribution in [2.24, 2.45) is 5.41 Å². The topological polar surface area (TPSA) is 63.6 Å². The number of rotatable bonds is 5. The molecule has 0 radical (unpaired) electrons. The molecule has 0 rings (SSSR count). The Kier molecular flexibility index (Phi) is 4.97. The summed E-state index contributed by atoms with van der Waals surface area (Å²) in [6.07, 6.45) is 1.13. The Hall–Kier alpha value is -1.06. The Morgan fingerprint density at radius 2 is 1.69 bits per heavy atom. The van der Waals surface area contributed by atoms with E-state index in [4.69, 9.17) is 9.84 Å². The van der Waals surface area contributed by atoms with E-state index in [0.717, 1.165) is 6.42 Å². The molecule has 0 aromatic heterocycles. The summed E-state index contributed by atoms with van der Waals surface area (Å²) in [6, 6.07) is 0. The van der Waals surface area contributed by atoms with Crippen LogP contribution in [0.25, 0.3) is 0 Å². The van der Waals surface area contributed by atoms with Crippen molar-refractivity contribution in [3.63, 3.8) is 0 Å². The Balaban J connectivity index is 4.53. The van der Waals surface area contributed by atoms with Crippen LogP contribution >= 0.6 is 0 Å². The summed E-state index contributed by atoms with van der Waals surface area (Å²) in [6.45, 7) is 8.79. The number of ether oxygens (including phenoxy) is 1. The number of carbonyl (C=O) groups excluding carboxylic acids is 1. The predicted octanol–water partition coefficient (Wildman–Crippen LogP) is 2.61. The van der Waals surface area contributed by atoms with Gasteiger partial charge in [0.05, 0.1) is 11.8 Å². The number of aliphatic carboxylic acids is 1. The smallest absolute Gasteiger partial charge is 0.309 e. The molecule has 0 amide bonds. The van der Waals surface area contributed by atoms with Gasteiger partial charge in [-0.25, -0.2) is 0 Å². The van der Waals surface area contributed by atoms with Crippen molar-refractivity contribution in [3.8, 4) is 0 Å². The van der Waals surface area contributed by atoms with Crippen molar-refractivity contribution >= 4 is 11.9 Å². The van der Waals surface area contributed by atoms with E-state index < -0.39 is 23.0 Å². The molecule has 0 aliphatic heterocycles. The van der Waals surface area contributed by atoms with Gasteiger partial charge < -0.3 is 9.84 Å². The summed E-state index contributed by atoms with van der Waals surface area (Å²) >= 11 is 0. The predicted molar refractivity (Wildman–Crippen MR) is 61.1 cm³/mol. The highest BCUT2D eigenvalue weighted by atomic mass is 16.6. The molecule has 0 aliphatic rings. The summed E-state index contributed by atoms with van der Waals surface area (Å²) in [4.78, 5) is 22.7. The highest BCUT2D eigenvalue weighted by Gasteiger charge is 2.36. The Morgan fingerprint density at radius 3 is 2.00 bits per heavy atom. The summed E-state index contributed by atoms with van der Waals surface area (Å²) < 4.78 is 5.13. The molecule has 0 fully saturated rings. The maximum atomic E-state index is 11.6. The SMILES string of the molecule is CCC[C@](C)(CC(=O)OC(C)(C)C)C(=O)O. The molecule has 0 saturated carbocycles. The van der Waals surface area contributed by atoms with E-state index in [9.17, 15) is 9.59 Å². The highest BCUT2D eigenvalue weighted by Crippen LogP contribution is 2.29. The van der Waals surface area contributed by atoms with Crippen molar-refractivity contribution < 1.29 is 19.4 Å². The molecule has 0 spiro atoms. The van der Waals surface area contributed by atoms with Gasteiger partial charge in [-0.15, -0.1) is 0 Å². The van der Waals surface area contributed by atoms with Crippen LogP contribution in [0.1, 0.15) is 53.9 Å². The van der Waals surface area contributed by atoms with Crippen LogP contribution in [0.2, 0.25) is 0 Å². The summed E-state index contributed by atoms with van der Waals surface area (Å²) in [5.41, 5.74) is -1.58. The van der Waals surface area contributed by atoms with Gasteiger partial charge >= 0.3 is 11.9 Å². The van der Waals surface area contributed by atoms with Crippen LogP contribution in [0, 0.1) is 5.41 Å². The molecule has 1 atom stereocenters. The third-order valence-corrected chi connectivity index (χ3v) is 2.27. The molecule has 0 aromatic carbocycles. The van der Waals surface area contributed by atoms with Gasteiger partial charge in [-0.1, -0.05) is 13.3 Å². The minimum atomic E-state index is -1.02. The Labute approximate surface area is 97.0 Å². The maximum absolute atomic E-state index is 11.6. The van der Waals surface area contributed by atoms with E-state index in [1.54, 1.807) is 27.7 Å². The highest BCUT2D eigenvalue weighted by molar-refractivity contribution is 5.82. The first-order valence-corrected chi connectivity index (χ1v) is 5.56. The van der Waals surface area contributed by atoms with Crippen LogP contribution in [-0.4, -0.2) is 22.6 Å². The van der Waals surface area contributed by atoms with Crippen molar-refractivity contribution in [2.45, 2.75) is 59.5 Å². The number of carboxylic acids is 1. The number of esters is 1. The first-order valence-electron chi connectivity index (χ1n) is 5.56. The second-order valence-corrected chi connectivity index (χ2v) is 5.38. The van der Waals surface area contributed by atoms with Gasteiger partial charge in [-0.05, 0) is 34.1 Å². The fourth-order valence-corrected chi connectivity index (χ4v) is 1.52. The zero-order valence-corrected chi connectivity index (χ0v) is 10.8. The van der Waals surface area contributed by atoms with Crippen molar-refractivity contribution in [2.75, 3.05) is 0 Å². The zero-order valence-electron chi connectivity index (χ0n) is 10.8. The van der Waals surface area contributed by atoms with E-state index in [1.165, 1.54) is 0 Å². The molecule has 0 heterocycles. The minimum absolute atomic E-state index is 0.0759. The number of carbonyl (C=O) groups is 2. The molecule has 0 unspecified atom stereocenters. The second-order valence-electron chi connectivity index (χ2n) is 5.38. The number of carboxylic acid groups (broad SMARTS) is 1. The Morgan fingerprint density at radius 1 is 1.19 bits per heavy atom. The lowest BCUT2D eigenvalue weighted by molar-refractivity contribution is -0.164. The van der Waals surface area contributed by atoms with E-state index in [0.29, 0.717) is 6.42 Å². The third kappa shape index (κ3) is 5.14. The fourth-order valence-electron chi connectivity index (χ4n) is 1.52. The molecule has 4 nitrogen and oxygen atoms in total. The molecule has 0 aromatic rings. The summed E-state index contributed by atoms with van der Waals surface area (Å²) in [7, 11) is 0. The summed E-state index contributed by atoms with van der Waals surface area (Å²) in [5, 5.41) is 9.10. The standard InChI is InChI=1S/C12H22O4/c1-6-7-12(5,10(14)15)8-9(13)16-11(2,3)4/h6-8H2,1-5H3,(H,14,15)/t12-/m1/s1. The molecule has 0 saturated heterocycles. The first kappa shape index (κ1) is 14.9. The van der Waals surface area contributed by atoms with Gasteiger partial charge in [0.1, 0.15) is 5.60 Å². The zero-order chi connectivity index (χ0) is 13.0. The van der Waals surface area contributed by atoms with E-state index in [1.807, 2.05) is 6.92 Å². The second kappa shape index (κ2) is 5.32. The van der Waals surface area contributed by atoms with Crippen LogP contribution in [0.5, 0.6) is 0 Å². The van der Waals surface area contributed by atoms with Crippen LogP contribution in [0.15, 0.2) is 0 Å². The minimum Gasteiger partial charge on any atom is -0.481 e. The molecule has 94 valence electrons. The molecular formula is C12H22O4. The maximum Gasteiger partial charge on any atom is 0.309 e. The largest absolute Gasteiger partial charge is 0.481 e. The average molecular weight is 230 g/mol. The lowest BCUT2D eigenvalue weighted by Gasteiger charge is -2.26. The van der Waals surface area contributed by atoms with Crippen molar-refractivity contribution in [1.82, 2.24) is 0 Å². The van der Waals surface area contributed by atoms with Crippen LogP contribution in [0.4, 0.5) is 0 Å². The van der Waals surface area contributed by atoms with Gasteiger partial charge in [0.15, 0.2) is 0 Å². The van der Waals surface area contributed by atoms with Gasteiger partial charge in [0.25, 0.3) is 0 Å². The third-order valence-electron chi connectivity index (χ3n) is 2.27. The van der Waals surface area contributed by atoms with Crippen molar-refractivity contribution in [3.05, 3.63) is 0 Å². The number of hydrogen-bond donors (Lipinski definition) is 1. The van der Waals surface area contributed by atoms with Gasteiger partial charge in [0, 0.05) is 0 Å². The molecular weight excluding hydrogens is 208 g/mol. The van der Waals surface area contributed by atoms with Crippen molar-refractivity contribution in [1.29, 1.82) is 0 Å². The quantitative estimate of drug-likeness (QED) is 0.737. The Bertz CT molecular complexity index is 265. The monoisotopic (exact) mass is 230 g/mol. The lowest BCUT2D eigenvalue weighted by atomic mass is 9.82. The van der Waals surface area contributed by atoms with Gasteiger partial charge in [-0.2, -0.15) is 0 Å².